The first-order valence-electron chi connectivity index (χ1n) is 5.17. The lowest BCUT2D eigenvalue weighted by atomic mass is 10.2. The molecule has 1 aromatic carbocycles. The maximum absolute atomic E-state index is 13.0. The van der Waals surface area contributed by atoms with Crippen molar-refractivity contribution in [2.75, 3.05) is 11.9 Å². The molecule has 1 rings (SSSR count). The second kappa shape index (κ2) is 5.33. The molecule has 0 saturated carbocycles. The minimum atomic E-state index is -5.63. The van der Waals surface area contributed by atoms with Crippen LogP contribution < -0.4 is 11.1 Å². The third kappa shape index (κ3) is 3.35. The first kappa shape index (κ1) is 15.7. The molecule has 0 amide bonds. The Morgan fingerprint density at radius 2 is 1.95 bits per heavy atom. The Bertz CT molecular complexity index is 557. The molecule has 0 heterocycles. The SMILES string of the molecule is CC(CN)Nc1ccc(F)cc1S(=O)(=O)C(F)(F)F. The Balaban J connectivity index is 3.37. The third-order valence-electron chi connectivity index (χ3n) is 2.29. The van der Waals surface area contributed by atoms with Crippen molar-refractivity contribution in [3.05, 3.63) is 24.0 Å². The van der Waals surface area contributed by atoms with Gasteiger partial charge in [0, 0.05) is 12.6 Å². The van der Waals surface area contributed by atoms with Crippen LogP contribution in [0.2, 0.25) is 0 Å². The van der Waals surface area contributed by atoms with E-state index in [0.717, 1.165) is 12.1 Å². The molecule has 108 valence electrons. The Morgan fingerprint density at radius 1 is 1.37 bits per heavy atom. The van der Waals surface area contributed by atoms with Crippen molar-refractivity contribution >= 4 is 15.5 Å². The molecule has 1 unspecified atom stereocenters. The first-order chi connectivity index (χ1) is 8.59. The van der Waals surface area contributed by atoms with Crippen LogP contribution in [0.3, 0.4) is 0 Å². The minimum Gasteiger partial charge on any atom is -0.380 e. The average Bonchev–Trinajstić information content (AvgIpc) is 2.29. The molecule has 9 heteroatoms. The summed E-state index contributed by atoms with van der Waals surface area (Å²) >= 11 is 0. The van der Waals surface area contributed by atoms with Crippen molar-refractivity contribution in [2.45, 2.75) is 23.4 Å². The lowest BCUT2D eigenvalue weighted by molar-refractivity contribution is -0.0435. The van der Waals surface area contributed by atoms with Crippen molar-refractivity contribution in [3.8, 4) is 0 Å². The number of nitrogens with two attached hydrogens (primary N) is 1. The molecule has 4 nitrogen and oxygen atoms in total. The zero-order chi connectivity index (χ0) is 14.8. The lowest BCUT2D eigenvalue weighted by Gasteiger charge is -2.17. The first-order valence-corrected chi connectivity index (χ1v) is 6.65. The van der Waals surface area contributed by atoms with Gasteiger partial charge in [0.2, 0.25) is 0 Å². The predicted octanol–water partition coefficient (Wildman–Crippen LogP) is 1.88. The molecule has 0 spiro atoms. The molecular formula is C10H12F4N2O2S. The Hall–Kier alpha value is -1.35. The van der Waals surface area contributed by atoms with Gasteiger partial charge in [-0.3, -0.25) is 0 Å². The van der Waals surface area contributed by atoms with Gasteiger partial charge in [0.15, 0.2) is 0 Å². The fourth-order valence-corrected chi connectivity index (χ4v) is 2.22. The molecule has 0 saturated heterocycles. The van der Waals surface area contributed by atoms with Gasteiger partial charge in [0.1, 0.15) is 10.7 Å². The van der Waals surface area contributed by atoms with Gasteiger partial charge in [0.05, 0.1) is 5.69 Å². The van der Waals surface area contributed by atoms with Crippen molar-refractivity contribution in [1.29, 1.82) is 0 Å². The van der Waals surface area contributed by atoms with E-state index in [1.165, 1.54) is 0 Å². The van der Waals surface area contributed by atoms with Crippen LogP contribution in [0.4, 0.5) is 23.2 Å². The van der Waals surface area contributed by atoms with Crippen molar-refractivity contribution in [1.82, 2.24) is 0 Å². The zero-order valence-electron chi connectivity index (χ0n) is 9.83. The summed E-state index contributed by atoms with van der Waals surface area (Å²) in [6.07, 6.45) is 0. The molecule has 1 atom stereocenters. The number of nitrogens with one attached hydrogen (secondary N) is 1. The van der Waals surface area contributed by atoms with Crippen LogP contribution in [0, 0.1) is 5.82 Å². The molecule has 0 aliphatic rings. The highest BCUT2D eigenvalue weighted by Crippen LogP contribution is 2.34. The summed E-state index contributed by atoms with van der Waals surface area (Å²) in [6.45, 7) is 1.62. The van der Waals surface area contributed by atoms with Gasteiger partial charge in [-0.1, -0.05) is 0 Å². The van der Waals surface area contributed by atoms with Crippen LogP contribution in [0.15, 0.2) is 23.1 Å². The van der Waals surface area contributed by atoms with Crippen molar-refractivity contribution in [2.24, 2.45) is 5.73 Å². The lowest BCUT2D eigenvalue weighted by Crippen LogP contribution is -2.28. The molecule has 0 radical (unpaired) electrons. The summed E-state index contributed by atoms with van der Waals surface area (Å²) in [5.41, 5.74) is -0.547. The van der Waals surface area contributed by atoms with Crippen LogP contribution in [-0.2, 0) is 9.84 Å². The molecular weight excluding hydrogens is 288 g/mol. The average molecular weight is 300 g/mol. The topological polar surface area (TPSA) is 72.2 Å². The Labute approximate surface area is 107 Å². The highest BCUT2D eigenvalue weighted by Gasteiger charge is 2.48. The van der Waals surface area contributed by atoms with Crippen LogP contribution in [-0.4, -0.2) is 26.5 Å². The van der Waals surface area contributed by atoms with E-state index in [-0.39, 0.29) is 12.2 Å². The molecule has 0 bridgehead atoms. The maximum atomic E-state index is 13.0. The number of anilines is 1. The van der Waals surface area contributed by atoms with E-state index in [0.29, 0.717) is 6.07 Å². The monoisotopic (exact) mass is 300 g/mol. The minimum absolute atomic E-state index is 0.0723. The molecule has 0 aliphatic heterocycles. The maximum Gasteiger partial charge on any atom is 0.501 e. The van der Waals surface area contributed by atoms with E-state index >= 15 is 0 Å². The van der Waals surface area contributed by atoms with Crippen molar-refractivity contribution < 1.29 is 26.0 Å². The van der Waals surface area contributed by atoms with Gasteiger partial charge in [-0.15, -0.1) is 0 Å². The smallest absolute Gasteiger partial charge is 0.380 e. The van der Waals surface area contributed by atoms with Crippen LogP contribution in [0.25, 0.3) is 0 Å². The molecule has 3 N–H and O–H groups in total. The van der Waals surface area contributed by atoms with Gasteiger partial charge < -0.3 is 11.1 Å². The summed E-state index contributed by atoms with van der Waals surface area (Å²) in [7, 11) is -5.63. The second-order valence-electron chi connectivity index (χ2n) is 3.87. The number of rotatable bonds is 4. The normalized spacial score (nSPS) is 14.2. The summed E-state index contributed by atoms with van der Waals surface area (Å²) in [4.78, 5) is -1.15. The summed E-state index contributed by atoms with van der Waals surface area (Å²) in [5.74, 6) is -1.08. The van der Waals surface area contributed by atoms with Gasteiger partial charge in [0.25, 0.3) is 9.84 Å². The predicted molar refractivity (Wildman–Crippen MR) is 61.8 cm³/mol. The van der Waals surface area contributed by atoms with Gasteiger partial charge in [-0.25, -0.2) is 12.8 Å². The highest BCUT2D eigenvalue weighted by atomic mass is 32.2. The second-order valence-corrected chi connectivity index (χ2v) is 5.78. The zero-order valence-corrected chi connectivity index (χ0v) is 10.6. The largest absolute Gasteiger partial charge is 0.501 e. The quantitative estimate of drug-likeness (QED) is 0.833. The molecule has 0 aromatic heterocycles. The number of halogens is 4. The standard InChI is InChI=1S/C10H12F4N2O2S/c1-6(5-15)16-8-3-2-7(11)4-9(8)19(17,18)10(12,13)14/h2-4,6,16H,5,15H2,1H3. The van der Waals surface area contributed by atoms with E-state index in [1.54, 1.807) is 6.92 Å². The van der Waals surface area contributed by atoms with E-state index in [9.17, 15) is 26.0 Å². The van der Waals surface area contributed by atoms with Gasteiger partial charge in [-0.2, -0.15) is 13.2 Å². The fraction of sp³-hybridized carbons (Fsp3) is 0.400. The van der Waals surface area contributed by atoms with E-state index in [2.05, 4.69) is 5.32 Å². The molecule has 1 aromatic rings. The van der Waals surface area contributed by atoms with E-state index < -0.39 is 32.1 Å². The molecule has 0 aliphatic carbocycles. The van der Waals surface area contributed by atoms with E-state index in [4.69, 9.17) is 5.73 Å². The van der Waals surface area contributed by atoms with Crippen LogP contribution in [0.5, 0.6) is 0 Å². The number of benzene rings is 1. The number of alkyl halides is 3. The molecule has 0 fully saturated rings. The molecule has 19 heavy (non-hydrogen) atoms. The summed E-state index contributed by atoms with van der Waals surface area (Å²) < 4.78 is 73.1. The van der Waals surface area contributed by atoms with Gasteiger partial charge in [-0.05, 0) is 25.1 Å². The highest BCUT2D eigenvalue weighted by molar-refractivity contribution is 7.92. The number of hydrogen-bond acceptors (Lipinski definition) is 4. The number of hydrogen-bond donors (Lipinski definition) is 2. The Kier molecular flexibility index (Phi) is 4.41. The van der Waals surface area contributed by atoms with Crippen LogP contribution >= 0.6 is 0 Å². The third-order valence-corrected chi connectivity index (χ3v) is 3.82. The summed E-state index contributed by atoms with van der Waals surface area (Å²) in [6, 6.07) is 1.66. The van der Waals surface area contributed by atoms with Crippen molar-refractivity contribution in [3.63, 3.8) is 0 Å². The Morgan fingerprint density at radius 3 is 2.42 bits per heavy atom. The van der Waals surface area contributed by atoms with Gasteiger partial charge >= 0.3 is 5.51 Å². The van der Waals surface area contributed by atoms with Crippen LogP contribution in [0.1, 0.15) is 6.92 Å². The fourth-order valence-electron chi connectivity index (χ4n) is 1.29. The van der Waals surface area contributed by atoms with E-state index in [1.807, 2.05) is 0 Å². The summed E-state index contributed by atoms with van der Waals surface area (Å²) in [5, 5.41) is 2.49. The number of sulfone groups is 1.